The summed E-state index contributed by atoms with van der Waals surface area (Å²) in [6.07, 6.45) is 0. The van der Waals surface area contributed by atoms with E-state index in [-0.39, 0.29) is 0 Å². The van der Waals surface area contributed by atoms with Crippen molar-refractivity contribution in [1.82, 2.24) is 0 Å². The highest BCUT2D eigenvalue weighted by Crippen LogP contribution is 2.55. The second-order valence-corrected chi connectivity index (χ2v) is 14.9. The van der Waals surface area contributed by atoms with E-state index in [1.54, 1.807) is 0 Å². The monoisotopic (exact) mass is 714 g/mol. The fourth-order valence-corrected chi connectivity index (χ4v) is 9.42. The zero-order chi connectivity index (χ0) is 37.3. The Labute approximate surface area is 326 Å². The molecule has 0 unspecified atom stereocenters. The second-order valence-electron chi connectivity index (χ2n) is 14.9. The fraction of sp³-hybridized carbons (Fsp3) is 0.0370. The van der Waals surface area contributed by atoms with Crippen LogP contribution in [0.4, 0.5) is 34.1 Å². The lowest BCUT2D eigenvalue weighted by molar-refractivity contribution is 1.27. The maximum atomic E-state index is 2.48. The van der Waals surface area contributed by atoms with Crippen molar-refractivity contribution in [3.8, 4) is 0 Å². The lowest BCUT2D eigenvalue weighted by atomic mass is 9.83. The highest BCUT2D eigenvalue weighted by atomic mass is 15.2. The van der Waals surface area contributed by atoms with E-state index in [1.807, 2.05) is 0 Å². The minimum atomic E-state index is 1.14. The summed E-state index contributed by atoms with van der Waals surface area (Å²) in [4.78, 5) is 4.97. The Morgan fingerprint density at radius 1 is 0.250 bits per heavy atom. The topological polar surface area (TPSA) is 6.48 Å². The summed E-state index contributed by atoms with van der Waals surface area (Å²) in [5, 5.41) is 15.2. The number of benzene rings is 11. The molecule has 0 amide bonds. The predicted molar refractivity (Wildman–Crippen MR) is 242 cm³/mol. The fourth-order valence-electron chi connectivity index (χ4n) is 9.42. The van der Waals surface area contributed by atoms with Gasteiger partial charge in [-0.25, -0.2) is 0 Å². The van der Waals surface area contributed by atoms with Crippen LogP contribution < -0.4 is 9.80 Å². The lowest BCUT2D eigenvalue weighted by Gasteiger charge is -2.32. The molecule has 2 heteroatoms. The highest BCUT2D eigenvalue weighted by Gasteiger charge is 2.28. The Balaban J connectivity index is 1.36. The van der Waals surface area contributed by atoms with Crippen molar-refractivity contribution in [1.29, 1.82) is 0 Å². The second kappa shape index (κ2) is 12.7. The van der Waals surface area contributed by atoms with Crippen LogP contribution in [0.5, 0.6) is 0 Å². The first-order valence-corrected chi connectivity index (χ1v) is 19.5. The van der Waals surface area contributed by atoms with Gasteiger partial charge in [-0.05, 0) is 93.7 Å². The summed E-state index contributed by atoms with van der Waals surface area (Å²) in [5.74, 6) is 0. The van der Waals surface area contributed by atoms with E-state index in [1.165, 1.54) is 98.5 Å². The van der Waals surface area contributed by atoms with E-state index >= 15 is 0 Å². The van der Waals surface area contributed by atoms with Crippen molar-refractivity contribution < 1.29 is 0 Å². The van der Waals surface area contributed by atoms with E-state index in [2.05, 4.69) is 218 Å². The zero-order valence-corrected chi connectivity index (χ0v) is 31.4. The summed E-state index contributed by atoms with van der Waals surface area (Å²) < 4.78 is 0. The first kappa shape index (κ1) is 32.3. The van der Waals surface area contributed by atoms with Gasteiger partial charge in [0.25, 0.3) is 0 Å². The molecule has 0 bridgehead atoms. The molecule has 11 aromatic rings. The number of para-hydroxylation sites is 4. The van der Waals surface area contributed by atoms with Gasteiger partial charge in [0.1, 0.15) is 0 Å². The van der Waals surface area contributed by atoms with Crippen LogP contribution in [0.1, 0.15) is 11.1 Å². The summed E-state index contributed by atoms with van der Waals surface area (Å²) in [7, 11) is 0. The molecule has 0 N–H and O–H groups in total. The molecule has 0 fully saturated rings. The number of fused-ring (bicyclic) bond motifs is 6. The Hall–Kier alpha value is -7.16. The predicted octanol–water partition coefficient (Wildman–Crippen LogP) is 15.6. The maximum Gasteiger partial charge on any atom is 0.0619 e. The molecule has 0 aliphatic rings. The number of anilines is 6. The molecule has 0 aliphatic carbocycles. The molecule has 264 valence electrons. The van der Waals surface area contributed by atoms with E-state index in [0.717, 1.165) is 11.4 Å². The van der Waals surface area contributed by atoms with Gasteiger partial charge < -0.3 is 9.80 Å². The van der Waals surface area contributed by atoms with Gasteiger partial charge in [-0.15, -0.1) is 0 Å². The smallest absolute Gasteiger partial charge is 0.0619 e. The van der Waals surface area contributed by atoms with Crippen molar-refractivity contribution in [2.45, 2.75) is 13.8 Å². The summed E-state index contributed by atoms with van der Waals surface area (Å²) >= 11 is 0. The summed E-state index contributed by atoms with van der Waals surface area (Å²) in [5.41, 5.74) is 9.49. The number of nitrogens with zero attached hydrogens (tertiary/aromatic N) is 2. The third-order valence-corrected chi connectivity index (χ3v) is 11.8. The van der Waals surface area contributed by atoms with Gasteiger partial charge >= 0.3 is 0 Å². The molecule has 0 radical (unpaired) electrons. The largest absolute Gasteiger partial charge is 0.309 e. The molecule has 0 saturated carbocycles. The average molecular weight is 715 g/mol. The third kappa shape index (κ3) is 4.69. The molecule has 0 spiro atoms. The highest BCUT2D eigenvalue weighted by molar-refractivity contribution is 6.46. The van der Waals surface area contributed by atoms with Gasteiger partial charge in [0, 0.05) is 55.1 Å². The molecule has 0 aromatic heterocycles. The first-order chi connectivity index (χ1) is 27.7. The Bertz CT molecular complexity index is 3050. The van der Waals surface area contributed by atoms with Crippen LogP contribution in [0.3, 0.4) is 0 Å². The van der Waals surface area contributed by atoms with Gasteiger partial charge in [0.15, 0.2) is 0 Å². The number of hydrogen-bond donors (Lipinski definition) is 0. The first-order valence-electron chi connectivity index (χ1n) is 19.5. The van der Waals surface area contributed by atoms with E-state index < -0.39 is 0 Å². The van der Waals surface area contributed by atoms with Gasteiger partial charge in [-0.2, -0.15) is 0 Å². The minimum absolute atomic E-state index is 1.14. The molecule has 0 aliphatic heterocycles. The summed E-state index contributed by atoms with van der Waals surface area (Å²) in [6, 6.07) is 71.3. The number of rotatable bonds is 6. The molecule has 0 atom stereocenters. The molecular formula is C54H38N2. The normalized spacial score (nSPS) is 11.8. The molecule has 0 heterocycles. The Morgan fingerprint density at radius 3 is 0.964 bits per heavy atom. The zero-order valence-electron chi connectivity index (χ0n) is 31.4. The van der Waals surface area contributed by atoms with Crippen molar-refractivity contribution in [3.05, 3.63) is 205 Å². The van der Waals surface area contributed by atoms with Crippen LogP contribution in [-0.4, -0.2) is 0 Å². The molecule has 11 rings (SSSR count). The van der Waals surface area contributed by atoms with Crippen molar-refractivity contribution >= 4 is 98.8 Å². The van der Waals surface area contributed by atoms with E-state index in [9.17, 15) is 0 Å². The van der Waals surface area contributed by atoms with Gasteiger partial charge in [0.05, 0.1) is 11.4 Å². The number of hydrogen-bond acceptors (Lipinski definition) is 2. The van der Waals surface area contributed by atoms with Crippen molar-refractivity contribution in [3.63, 3.8) is 0 Å². The maximum absolute atomic E-state index is 2.48. The SMILES string of the molecule is Cc1ccccc1N(c1ccccc1)c1c2ccccc2c2c3c1cccc3c1cccc3c(N(c4ccccc4)c4ccccc4C)c4ccccc4c2c31. The Morgan fingerprint density at radius 2 is 0.554 bits per heavy atom. The van der Waals surface area contributed by atoms with Crippen LogP contribution in [0.2, 0.25) is 0 Å². The lowest BCUT2D eigenvalue weighted by Crippen LogP contribution is -2.13. The van der Waals surface area contributed by atoms with Crippen LogP contribution >= 0.6 is 0 Å². The van der Waals surface area contributed by atoms with Crippen LogP contribution in [-0.2, 0) is 0 Å². The minimum Gasteiger partial charge on any atom is -0.309 e. The van der Waals surface area contributed by atoms with Crippen molar-refractivity contribution in [2.75, 3.05) is 9.80 Å². The van der Waals surface area contributed by atoms with E-state index in [0.29, 0.717) is 0 Å². The average Bonchev–Trinajstić information content (AvgIpc) is 3.25. The molecule has 11 aromatic carbocycles. The molecular weight excluding hydrogens is 677 g/mol. The molecule has 0 saturated heterocycles. The van der Waals surface area contributed by atoms with Gasteiger partial charge in [-0.1, -0.05) is 158 Å². The molecule has 2 nitrogen and oxygen atoms in total. The summed E-state index contributed by atoms with van der Waals surface area (Å²) in [6.45, 7) is 4.43. The number of aryl methyl sites for hydroxylation is 2. The van der Waals surface area contributed by atoms with E-state index in [4.69, 9.17) is 0 Å². The Kier molecular flexibility index (Phi) is 7.33. The van der Waals surface area contributed by atoms with Crippen molar-refractivity contribution in [2.24, 2.45) is 0 Å². The third-order valence-electron chi connectivity index (χ3n) is 11.8. The standard InChI is InChI=1S/C54H38N2/c1-35-19-9-15-33-47(35)55(37-21-5-3-6-22-37)53-43-27-13-11-25-41(43)51-49-39(29-17-31-45(49)53)40-30-18-32-46-50(40)52(51)42-26-12-14-28-44(42)54(46)56(38-23-7-4-8-24-38)48-34-16-10-20-36(48)2/h3-34H,1-2H3. The van der Waals surface area contributed by atoms with Crippen LogP contribution in [0, 0.1) is 13.8 Å². The van der Waals surface area contributed by atoms with Crippen LogP contribution in [0.15, 0.2) is 194 Å². The van der Waals surface area contributed by atoms with Crippen LogP contribution in [0.25, 0.3) is 64.6 Å². The molecule has 56 heavy (non-hydrogen) atoms. The quantitative estimate of drug-likeness (QED) is 0.125. The van der Waals surface area contributed by atoms with Gasteiger partial charge in [0.2, 0.25) is 0 Å². The van der Waals surface area contributed by atoms with Gasteiger partial charge in [-0.3, -0.25) is 0 Å².